The highest BCUT2D eigenvalue weighted by Gasteiger charge is 2.32. The van der Waals surface area contributed by atoms with Gasteiger partial charge in [0.1, 0.15) is 5.56 Å². The number of alkyl halides is 3. The number of hydrogen-bond acceptors (Lipinski definition) is 3. The molecule has 0 spiro atoms. The van der Waals surface area contributed by atoms with Crippen molar-refractivity contribution in [2.45, 2.75) is 19.0 Å². The number of halogens is 8. The number of carbonyl (C=O) groups excluding carboxylic acids is 2. The van der Waals surface area contributed by atoms with Gasteiger partial charge in [-0.05, 0) is 29.7 Å². The van der Waals surface area contributed by atoms with Crippen molar-refractivity contribution in [1.82, 2.24) is 5.06 Å². The van der Waals surface area contributed by atoms with Crippen LogP contribution in [0.4, 0.5) is 35.1 Å². The molecular weight excluding hydrogens is 454 g/mol. The van der Waals surface area contributed by atoms with Crippen molar-refractivity contribution >= 4 is 17.4 Å². The quantitative estimate of drug-likeness (QED) is 0.255. The van der Waals surface area contributed by atoms with Gasteiger partial charge in [-0.2, -0.15) is 18.2 Å². The first-order valence-electron chi connectivity index (χ1n) is 8.61. The first kappa shape index (κ1) is 24.8. The summed E-state index contributed by atoms with van der Waals surface area (Å²) < 4.78 is 104. The van der Waals surface area contributed by atoms with E-state index >= 15 is 0 Å². The van der Waals surface area contributed by atoms with E-state index < -0.39 is 64.7 Å². The summed E-state index contributed by atoms with van der Waals surface area (Å²) in [4.78, 5) is 28.2. The first-order chi connectivity index (χ1) is 14.8. The zero-order chi connectivity index (χ0) is 24.4. The largest absolute Gasteiger partial charge is 0.416 e. The Morgan fingerprint density at radius 1 is 0.875 bits per heavy atom. The van der Waals surface area contributed by atoms with Crippen molar-refractivity contribution in [2.75, 3.05) is 7.05 Å². The van der Waals surface area contributed by atoms with Crippen molar-refractivity contribution in [3.8, 4) is 0 Å². The number of hydrogen-bond donors (Lipinski definition) is 0. The molecule has 0 aliphatic rings. The number of benzene rings is 2. The molecule has 2 aromatic carbocycles. The van der Waals surface area contributed by atoms with Crippen LogP contribution in [0.2, 0.25) is 0 Å². The summed E-state index contributed by atoms with van der Waals surface area (Å²) in [6.45, 7) is 3.63. The van der Waals surface area contributed by atoms with Crippen LogP contribution < -0.4 is 0 Å². The third-order valence-corrected chi connectivity index (χ3v) is 4.25. The lowest BCUT2D eigenvalue weighted by molar-refractivity contribution is -0.161. The number of amides is 1. The van der Waals surface area contributed by atoms with Gasteiger partial charge in [0.05, 0.1) is 5.56 Å². The third kappa shape index (κ3) is 5.24. The van der Waals surface area contributed by atoms with Crippen molar-refractivity contribution in [3.05, 3.63) is 76.6 Å². The summed E-state index contributed by atoms with van der Waals surface area (Å²) in [5.74, 6) is -15.0. The molecule has 0 saturated carbocycles. The molecule has 0 aliphatic carbocycles. The van der Waals surface area contributed by atoms with Crippen molar-refractivity contribution < 1.29 is 49.5 Å². The molecule has 12 heteroatoms. The van der Waals surface area contributed by atoms with E-state index in [2.05, 4.69) is 11.4 Å². The summed E-state index contributed by atoms with van der Waals surface area (Å²) >= 11 is 0. The van der Waals surface area contributed by atoms with Gasteiger partial charge >= 0.3 is 12.1 Å². The van der Waals surface area contributed by atoms with Crippen LogP contribution in [0.25, 0.3) is 5.57 Å². The predicted molar refractivity (Wildman–Crippen MR) is 94.1 cm³/mol. The lowest BCUT2D eigenvalue weighted by Gasteiger charge is -2.17. The van der Waals surface area contributed by atoms with E-state index in [1.165, 1.54) is 0 Å². The van der Waals surface area contributed by atoms with Crippen LogP contribution in [0.1, 0.15) is 34.3 Å². The van der Waals surface area contributed by atoms with Crippen molar-refractivity contribution in [2.24, 2.45) is 0 Å². The highest BCUT2D eigenvalue weighted by Crippen LogP contribution is 2.30. The summed E-state index contributed by atoms with van der Waals surface area (Å²) in [5.41, 5.74) is -2.21. The topological polar surface area (TPSA) is 46.6 Å². The maximum absolute atomic E-state index is 13.6. The van der Waals surface area contributed by atoms with Gasteiger partial charge in [0.15, 0.2) is 23.3 Å². The van der Waals surface area contributed by atoms with Gasteiger partial charge in [0.25, 0.3) is 5.91 Å². The Morgan fingerprint density at radius 3 is 1.81 bits per heavy atom. The van der Waals surface area contributed by atoms with Gasteiger partial charge in [0.2, 0.25) is 5.82 Å². The number of hydroxylamine groups is 2. The number of rotatable bonds is 5. The SMILES string of the molecule is C=C(CCC(=O)N(C)OC(=O)c1c(F)c(F)c(F)c(F)c1F)c1ccc(C(F)(F)F)cc1. The molecule has 32 heavy (non-hydrogen) atoms. The summed E-state index contributed by atoms with van der Waals surface area (Å²) in [7, 11) is 0.854. The molecule has 0 radical (unpaired) electrons. The molecule has 0 atom stereocenters. The minimum atomic E-state index is -4.53. The highest BCUT2D eigenvalue weighted by molar-refractivity contribution is 5.91. The molecule has 0 aromatic heterocycles. The molecule has 2 aromatic rings. The molecule has 0 saturated heterocycles. The van der Waals surface area contributed by atoms with Crippen LogP contribution >= 0.6 is 0 Å². The van der Waals surface area contributed by atoms with Gasteiger partial charge in [0, 0.05) is 13.5 Å². The zero-order valence-corrected chi connectivity index (χ0v) is 16.1. The lowest BCUT2D eigenvalue weighted by Crippen LogP contribution is -2.31. The fourth-order valence-corrected chi connectivity index (χ4v) is 2.46. The van der Waals surface area contributed by atoms with Gasteiger partial charge in [-0.15, -0.1) is 0 Å². The third-order valence-electron chi connectivity index (χ3n) is 4.25. The maximum atomic E-state index is 13.6. The molecule has 0 unspecified atom stereocenters. The Balaban J connectivity index is 2.02. The molecule has 0 N–H and O–H groups in total. The van der Waals surface area contributed by atoms with Crippen LogP contribution in [0, 0.1) is 29.1 Å². The second-order valence-electron chi connectivity index (χ2n) is 6.39. The molecule has 4 nitrogen and oxygen atoms in total. The standard InChI is InChI=1S/C20H13F8NO3/c1-9(10-4-6-11(7-5-10)20(26,27)28)3-8-12(30)29(2)32-19(31)13-14(21)16(23)18(25)17(24)15(13)22/h4-7H,1,3,8H2,2H3. The Labute approximate surface area is 175 Å². The second kappa shape index (κ2) is 9.37. The summed E-state index contributed by atoms with van der Waals surface area (Å²) in [6.07, 6.45) is -5.03. The van der Waals surface area contributed by atoms with Crippen LogP contribution in [-0.2, 0) is 15.8 Å². The molecule has 0 bridgehead atoms. The smallest absolute Gasteiger partial charge is 0.333 e. The molecule has 0 fully saturated rings. The van der Waals surface area contributed by atoms with Crippen molar-refractivity contribution in [3.63, 3.8) is 0 Å². The van der Waals surface area contributed by atoms with Crippen molar-refractivity contribution in [1.29, 1.82) is 0 Å². The Bertz CT molecular complexity index is 1030. The molecule has 172 valence electrons. The lowest BCUT2D eigenvalue weighted by atomic mass is 10.0. The fourth-order valence-electron chi connectivity index (χ4n) is 2.46. The zero-order valence-electron chi connectivity index (χ0n) is 16.1. The Hall–Kier alpha value is -3.44. The highest BCUT2D eigenvalue weighted by atomic mass is 19.4. The minimum absolute atomic E-state index is 0.103. The first-order valence-corrected chi connectivity index (χ1v) is 8.61. The normalized spacial score (nSPS) is 11.3. The average Bonchev–Trinajstić information content (AvgIpc) is 2.73. The van der Waals surface area contributed by atoms with E-state index in [9.17, 15) is 44.7 Å². The van der Waals surface area contributed by atoms with E-state index in [1.54, 1.807) is 0 Å². The number of carbonyl (C=O) groups is 2. The molecule has 1 amide bonds. The summed E-state index contributed by atoms with van der Waals surface area (Å²) in [5, 5.41) is 0.223. The van der Waals surface area contributed by atoms with E-state index in [0.29, 0.717) is 5.56 Å². The Kier molecular flexibility index (Phi) is 7.27. The monoisotopic (exact) mass is 467 g/mol. The molecule has 2 rings (SSSR count). The number of nitrogens with zero attached hydrogens (tertiary/aromatic N) is 1. The van der Waals surface area contributed by atoms with Crippen LogP contribution in [-0.4, -0.2) is 24.0 Å². The van der Waals surface area contributed by atoms with Gasteiger partial charge in [-0.3, -0.25) is 4.79 Å². The van der Waals surface area contributed by atoms with E-state index in [-0.39, 0.29) is 17.1 Å². The minimum Gasteiger partial charge on any atom is -0.333 e. The number of allylic oxidation sites excluding steroid dienone is 1. The van der Waals surface area contributed by atoms with Gasteiger partial charge in [-0.1, -0.05) is 18.7 Å². The average molecular weight is 467 g/mol. The molecular formula is C20H13F8NO3. The van der Waals surface area contributed by atoms with Gasteiger partial charge < -0.3 is 4.84 Å². The van der Waals surface area contributed by atoms with E-state index in [0.717, 1.165) is 31.3 Å². The molecule has 0 aliphatic heterocycles. The van der Waals surface area contributed by atoms with Gasteiger partial charge in [-0.25, -0.2) is 26.7 Å². The Morgan fingerprint density at radius 2 is 1.34 bits per heavy atom. The van der Waals surface area contributed by atoms with Crippen LogP contribution in [0.3, 0.4) is 0 Å². The second-order valence-corrected chi connectivity index (χ2v) is 6.39. The summed E-state index contributed by atoms with van der Waals surface area (Å²) in [6, 6.07) is 3.92. The van der Waals surface area contributed by atoms with E-state index in [1.807, 2.05) is 0 Å². The molecule has 0 heterocycles. The van der Waals surface area contributed by atoms with Crippen LogP contribution in [0.15, 0.2) is 30.8 Å². The maximum Gasteiger partial charge on any atom is 0.416 e. The fraction of sp³-hybridized carbons (Fsp3) is 0.200. The predicted octanol–water partition coefficient (Wildman–Crippen LogP) is 5.42. The van der Waals surface area contributed by atoms with E-state index in [4.69, 9.17) is 0 Å². The van der Waals surface area contributed by atoms with Crippen LogP contribution in [0.5, 0.6) is 0 Å².